The Morgan fingerprint density at radius 3 is 2.22 bits per heavy atom. The molecule has 0 saturated heterocycles. The van der Waals surface area contributed by atoms with Crippen LogP contribution in [0, 0.1) is 0 Å². The predicted octanol–water partition coefficient (Wildman–Crippen LogP) is 6.26. The van der Waals surface area contributed by atoms with Crippen molar-refractivity contribution < 1.29 is 24.8 Å². The monoisotopic (exact) mass is 482 g/mol. The molecule has 0 bridgehead atoms. The molecule has 0 spiro atoms. The van der Waals surface area contributed by atoms with Crippen molar-refractivity contribution in [3.8, 4) is 17.2 Å². The van der Waals surface area contributed by atoms with E-state index in [-0.39, 0.29) is 12.4 Å². The summed E-state index contributed by atoms with van der Waals surface area (Å²) in [5, 5.41) is 33.4. The molecule has 4 aromatic rings. The van der Waals surface area contributed by atoms with Gasteiger partial charge in [-0.25, -0.2) is 0 Å². The maximum Gasteiger partial charge on any atom is 0.123 e. The SMILES string of the molecule is COc1ccc([C@H](O)CC(=C=CC[C@@H](O)c2ccc(O)c3ccccc23)COc2ccccc2)cc1. The maximum absolute atomic E-state index is 10.9. The molecule has 0 radical (unpaired) electrons. The van der Waals surface area contributed by atoms with Crippen molar-refractivity contribution in [2.45, 2.75) is 25.0 Å². The molecule has 5 nitrogen and oxygen atoms in total. The molecule has 4 aromatic carbocycles. The first kappa shape index (κ1) is 25.1. The van der Waals surface area contributed by atoms with Gasteiger partial charge in [-0.2, -0.15) is 0 Å². The van der Waals surface area contributed by atoms with Crippen LogP contribution in [0.2, 0.25) is 0 Å². The second-order valence-corrected chi connectivity index (χ2v) is 8.52. The maximum atomic E-state index is 10.9. The topological polar surface area (TPSA) is 79.2 Å². The molecule has 0 fully saturated rings. The lowest BCUT2D eigenvalue weighted by molar-refractivity contribution is 0.173. The van der Waals surface area contributed by atoms with Crippen molar-refractivity contribution in [1.82, 2.24) is 0 Å². The van der Waals surface area contributed by atoms with Crippen LogP contribution in [0.5, 0.6) is 17.2 Å². The normalized spacial score (nSPS) is 12.4. The quantitative estimate of drug-likeness (QED) is 0.233. The zero-order valence-electron chi connectivity index (χ0n) is 20.2. The van der Waals surface area contributed by atoms with Crippen LogP contribution in [0.25, 0.3) is 10.8 Å². The highest BCUT2D eigenvalue weighted by atomic mass is 16.5. The first-order valence-electron chi connectivity index (χ1n) is 11.9. The Morgan fingerprint density at radius 1 is 0.806 bits per heavy atom. The number of hydrogen-bond acceptors (Lipinski definition) is 5. The van der Waals surface area contributed by atoms with Crippen LogP contribution >= 0.6 is 0 Å². The molecule has 184 valence electrons. The molecule has 0 aliphatic heterocycles. The number of para-hydroxylation sites is 1. The molecule has 2 atom stereocenters. The summed E-state index contributed by atoms with van der Waals surface area (Å²) < 4.78 is 11.1. The number of methoxy groups -OCH3 is 1. The van der Waals surface area contributed by atoms with Gasteiger partial charge in [0.2, 0.25) is 0 Å². The minimum atomic E-state index is -0.772. The number of aromatic hydroxyl groups is 1. The minimum Gasteiger partial charge on any atom is -0.507 e. The van der Waals surface area contributed by atoms with E-state index in [4.69, 9.17) is 9.47 Å². The van der Waals surface area contributed by atoms with E-state index in [2.05, 4.69) is 5.73 Å². The van der Waals surface area contributed by atoms with E-state index in [0.29, 0.717) is 18.2 Å². The molecule has 0 heterocycles. The first-order chi connectivity index (χ1) is 17.5. The summed E-state index contributed by atoms with van der Waals surface area (Å²) in [4.78, 5) is 0. The number of aliphatic hydroxyl groups excluding tert-OH is 2. The highest BCUT2D eigenvalue weighted by molar-refractivity contribution is 5.91. The van der Waals surface area contributed by atoms with Gasteiger partial charge in [-0.3, -0.25) is 0 Å². The molecule has 3 N–H and O–H groups in total. The largest absolute Gasteiger partial charge is 0.507 e. The molecule has 0 aliphatic rings. The molecular formula is C31H30O5. The van der Waals surface area contributed by atoms with Crippen molar-refractivity contribution in [3.63, 3.8) is 0 Å². The summed E-state index contributed by atoms with van der Waals surface area (Å²) in [6.07, 6.45) is 0.912. The lowest BCUT2D eigenvalue weighted by Gasteiger charge is -2.14. The summed E-state index contributed by atoms with van der Waals surface area (Å²) in [6.45, 7) is 0.256. The third kappa shape index (κ3) is 6.35. The number of hydrogen-bond donors (Lipinski definition) is 3. The Balaban J connectivity index is 1.53. The van der Waals surface area contributed by atoms with Crippen LogP contribution < -0.4 is 9.47 Å². The van der Waals surface area contributed by atoms with E-state index in [0.717, 1.165) is 33.6 Å². The average molecular weight is 483 g/mol. The van der Waals surface area contributed by atoms with Crippen molar-refractivity contribution >= 4 is 10.8 Å². The molecule has 0 aliphatic carbocycles. The Morgan fingerprint density at radius 2 is 1.50 bits per heavy atom. The fraction of sp³-hybridized carbons (Fsp3) is 0.194. The van der Waals surface area contributed by atoms with Gasteiger partial charge in [0.05, 0.1) is 19.3 Å². The Hall–Kier alpha value is -4.02. The highest BCUT2D eigenvalue weighted by Crippen LogP contribution is 2.32. The summed E-state index contributed by atoms with van der Waals surface area (Å²) in [5.74, 6) is 1.64. The van der Waals surface area contributed by atoms with Gasteiger partial charge in [0.15, 0.2) is 0 Å². The number of ether oxygens (including phenoxy) is 2. The number of phenols is 1. The van der Waals surface area contributed by atoms with Gasteiger partial charge in [-0.05, 0) is 52.9 Å². The Bertz CT molecular complexity index is 1340. The standard InChI is InChI=1S/C31H30O5/c1-35-24-16-14-23(15-17-24)31(34)20-22(21-36-25-9-3-2-4-10-25)8-7-13-29(32)28-18-19-30(33)27-12-6-5-11-26(27)28/h2-7,9-12,14-19,29,31-34H,13,20-21H2,1H3/t8?,29-,31-/m1/s1. The molecule has 0 aromatic heterocycles. The number of fused-ring (bicyclic) bond motifs is 1. The van der Waals surface area contributed by atoms with Gasteiger partial charge < -0.3 is 24.8 Å². The van der Waals surface area contributed by atoms with Gasteiger partial charge in [0.25, 0.3) is 0 Å². The van der Waals surface area contributed by atoms with Gasteiger partial charge in [0.1, 0.15) is 23.9 Å². The van der Waals surface area contributed by atoms with Crippen LogP contribution in [-0.4, -0.2) is 29.0 Å². The lowest BCUT2D eigenvalue weighted by atomic mass is 9.97. The molecule has 5 heteroatoms. The second-order valence-electron chi connectivity index (χ2n) is 8.52. The van der Waals surface area contributed by atoms with Crippen molar-refractivity contribution in [2.24, 2.45) is 0 Å². The fourth-order valence-electron chi connectivity index (χ4n) is 4.06. The van der Waals surface area contributed by atoms with Crippen molar-refractivity contribution in [1.29, 1.82) is 0 Å². The van der Waals surface area contributed by atoms with Crippen molar-refractivity contribution in [2.75, 3.05) is 13.7 Å². The first-order valence-corrected chi connectivity index (χ1v) is 11.9. The van der Waals surface area contributed by atoms with Crippen LogP contribution in [0.1, 0.15) is 36.2 Å². The Labute approximate surface area is 211 Å². The van der Waals surface area contributed by atoms with Gasteiger partial charge >= 0.3 is 0 Å². The fourth-order valence-corrected chi connectivity index (χ4v) is 4.06. The molecule has 36 heavy (non-hydrogen) atoms. The molecule has 0 amide bonds. The van der Waals surface area contributed by atoms with E-state index < -0.39 is 12.2 Å². The number of aliphatic hydroxyl groups is 2. The molecule has 4 rings (SSSR count). The summed E-state index contributed by atoms with van der Waals surface area (Å²) >= 11 is 0. The van der Waals surface area contributed by atoms with E-state index in [1.807, 2.05) is 78.9 Å². The molecule has 0 unspecified atom stereocenters. The Kier molecular flexibility index (Phi) is 8.43. The molecule has 0 saturated carbocycles. The number of phenolic OH excluding ortho intramolecular Hbond substituents is 1. The van der Waals surface area contributed by atoms with Gasteiger partial charge in [0, 0.05) is 23.8 Å². The van der Waals surface area contributed by atoms with Crippen LogP contribution in [0.15, 0.2) is 108 Å². The van der Waals surface area contributed by atoms with E-state index in [1.165, 1.54) is 0 Å². The highest BCUT2D eigenvalue weighted by Gasteiger charge is 2.13. The van der Waals surface area contributed by atoms with Gasteiger partial charge in [-0.15, -0.1) is 5.73 Å². The van der Waals surface area contributed by atoms with Crippen LogP contribution in [0.3, 0.4) is 0 Å². The van der Waals surface area contributed by atoms with Crippen LogP contribution in [0.4, 0.5) is 0 Å². The lowest BCUT2D eigenvalue weighted by Crippen LogP contribution is -2.06. The van der Waals surface area contributed by atoms with Gasteiger partial charge in [-0.1, -0.05) is 60.7 Å². The predicted molar refractivity (Wildman–Crippen MR) is 141 cm³/mol. The van der Waals surface area contributed by atoms with E-state index in [9.17, 15) is 15.3 Å². The molecular weight excluding hydrogens is 452 g/mol. The van der Waals surface area contributed by atoms with Crippen LogP contribution in [-0.2, 0) is 0 Å². The zero-order valence-corrected chi connectivity index (χ0v) is 20.2. The van der Waals surface area contributed by atoms with E-state index in [1.54, 1.807) is 25.3 Å². The zero-order chi connectivity index (χ0) is 25.3. The summed E-state index contributed by atoms with van der Waals surface area (Å²) in [5.41, 5.74) is 5.52. The third-order valence-corrected chi connectivity index (χ3v) is 6.04. The number of benzene rings is 4. The number of rotatable bonds is 10. The second kappa shape index (κ2) is 12.1. The summed E-state index contributed by atoms with van der Waals surface area (Å²) in [6, 6.07) is 27.6. The van der Waals surface area contributed by atoms with E-state index >= 15 is 0 Å². The smallest absolute Gasteiger partial charge is 0.123 e. The average Bonchev–Trinajstić information content (AvgIpc) is 2.92. The van der Waals surface area contributed by atoms with Crippen molar-refractivity contribution in [3.05, 3.63) is 120 Å². The summed E-state index contributed by atoms with van der Waals surface area (Å²) in [7, 11) is 1.60. The third-order valence-electron chi connectivity index (χ3n) is 6.04. The minimum absolute atomic E-state index is 0.185.